The zero-order valence-electron chi connectivity index (χ0n) is 8.45. The van der Waals surface area contributed by atoms with E-state index in [2.05, 4.69) is 16.6 Å². The SMILES string of the molecule is C#CCC(N)C(=O)NC1CCC(=O)NC1. The summed E-state index contributed by atoms with van der Waals surface area (Å²) in [6.45, 7) is 0.466. The molecule has 4 N–H and O–H groups in total. The number of nitrogens with one attached hydrogen (secondary N) is 2. The van der Waals surface area contributed by atoms with Crippen LogP contribution in [0.1, 0.15) is 19.3 Å². The second-order valence-corrected chi connectivity index (χ2v) is 3.56. The Morgan fingerprint density at radius 2 is 2.53 bits per heavy atom. The van der Waals surface area contributed by atoms with Gasteiger partial charge >= 0.3 is 0 Å². The Bertz CT molecular complexity index is 286. The third-order valence-electron chi connectivity index (χ3n) is 2.29. The van der Waals surface area contributed by atoms with Crippen LogP contribution in [0.2, 0.25) is 0 Å². The molecule has 1 aliphatic rings. The number of amides is 2. The van der Waals surface area contributed by atoms with Crippen molar-refractivity contribution < 1.29 is 9.59 Å². The molecule has 1 saturated heterocycles. The Labute approximate surface area is 88.8 Å². The van der Waals surface area contributed by atoms with E-state index in [1.54, 1.807) is 0 Å². The number of nitrogens with two attached hydrogens (primary N) is 1. The van der Waals surface area contributed by atoms with Gasteiger partial charge in [-0.2, -0.15) is 0 Å². The topological polar surface area (TPSA) is 84.2 Å². The Morgan fingerprint density at radius 3 is 3.07 bits per heavy atom. The van der Waals surface area contributed by atoms with E-state index in [0.29, 0.717) is 19.4 Å². The molecule has 2 atom stereocenters. The van der Waals surface area contributed by atoms with Gasteiger partial charge in [0, 0.05) is 25.4 Å². The van der Waals surface area contributed by atoms with Gasteiger partial charge in [0.1, 0.15) is 0 Å². The lowest BCUT2D eigenvalue weighted by Gasteiger charge is -2.24. The van der Waals surface area contributed by atoms with Crippen LogP contribution in [0, 0.1) is 12.3 Å². The van der Waals surface area contributed by atoms with E-state index < -0.39 is 6.04 Å². The molecule has 0 aliphatic carbocycles. The van der Waals surface area contributed by atoms with Gasteiger partial charge in [0.2, 0.25) is 11.8 Å². The van der Waals surface area contributed by atoms with Gasteiger partial charge in [0.15, 0.2) is 0 Å². The monoisotopic (exact) mass is 209 g/mol. The number of hydrogen-bond acceptors (Lipinski definition) is 3. The maximum atomic E-state index is 11.4. The van der Waals surface area contributed by atoms with Crippen molar-refractivity contribution in [3.05, 3.63) is 0 Å². The summed E-state index contributed by atoms with van der Waals surface area (Å²) in [5.41, 5.74) is 5.53. The third-order valence-corrected chi connectivity index (χ3v) is 2.29. The summed E-state index contributed by atoms with van der Waals surface area (Å²) >= 11 is 0. The lowest BCUT2D eigenvalue weighted by atomic mass is 10.1. The molecule has 0 aromatic rings. The van der Waals surface area contributed by atoms with E-state index in [1.807, 2.05) is 0 Å². The van der Waals surface area contributed by atoms with Gasteiger partial charge in [0.25, 0.3) is 0 Å². The van der Waals surface area contributed by atoms with Gasteiger partial charge in [0.05, 0.1) is 6.04 Å². The molecule has 2 amide bonds. The first-order chi connectivity index (χ1) is 7.13. The van der Waals surface area contributed by atoms with Gasteiger partial charge in [-0.05, 0) is 6.42 Å². The second-order valence-electron chi connectivity index (χ2n) is 3.56. The van der Waals surface area contributed by atoms with Crippen LogP contribution in [0.5, 0.6) is 0 Å². The first kappa shape index (κ1) is 11.5. The Balaban J connectivity index is 2.32. The molecule has 0 bridgehead atoms. The van der Waals surface area contributed by atoms with Crippen LogP contribution >= 0.6 is 0 Å². The van der Waals surface area contributed by atoms with E-state index in [-0.39, 0.29) is 24.3 Å². The molecule has 82 valence electrons. The third kappa shape index (κ3) is 3.60. The van der Waals surface area contributed by atoms with Crippen LogP contribution in [-0.2, 0) is 9.59 Å². The zero-order chi connectivity index (χ0) is 11.3. The quantitative estimate of drug-likeness (QED) is 0.507. The molecule has 15 heavy (non-hydrogen) atoms. The molecule has 1 aliphatic heterocycles. The molecule has 1 rings (SSSR count). The molecule has 1 fully saturated rings. The molecule has 0 radical (unpaired) electrons. The standard InChI is InChI=1S/C10H15N3O2/c1-2-3-8(11)10(15)13-7-4-5-9(14)12-6-7/h1,7-8H,3-6,11H2,(H,12,14)(H,13,15). The summed E-state index contributed by atoms with van der Waals surface area (Å²) in [6, 6.07) is -0.688. The highest BCUT2D eigenvalue weighted by atomic mass is 16.2. The van der Waals surface area contributed by atoms with Crippen molar-refractivity contribution >= 4 is 11.8 Å². The molecular formula is C10H15N3O2. The normalized spacial score (nSPS) is 22.4. The predicted molar refractivity (Wildman–Crippen MR) is 55.6 cm³/mol. The van der Waals surface area contributed by atoms with Crippen LogP contribution < -0.4 is 16.4 Å². The molecule has 5 nitrogen and oxygen atoms in total. The minimum absolute atomic E-state index is 0.0217. The van der Waals surface area contributed by atoms with Crippen molar-refractivity contribution in [2.75, 3.05) is 6.54 Å². The van der Waals surface area contributed by atoms with E-state index >= 15 is 0 Å². The van der Waals surface area contributed by atoms with Crippen LogP contribution in [0.15, 0.2) is 0 Å². The second kappa shape index (κ2) is 5.37. The highest BCUT2D eigenvalue weighted by molar-refractivity contribution is 5.82. The number of terminal acetylenes is 1. The van der Waals surface area contributed by atoms with Crippen LogP contribution in [-0.4, -0.2) is 30.4 Å². The number of carbonyl (C=O) groups is 2. The van der Waals surface area contributed by atoms with E-state index in [9.17, 15) is 9.59 Å². The largest absolute Gasteiger partial charge is 0.354 e. The summed E-state index contributed by atoms with van der Waals surface area (Å²) < 4.78 is 0. The number of piperidine rings is 1. The van der Waals surface area contributed by atoms with E-state index in [0.717, 1.165) is 0 Å². The Morgan fingerprint density at radius 1 is 1.80 bits per heavy atom. The minimum Gasteiger partial charge on any atom is -0.354 e. The lowest BCUT2D eigenvalue weighted by Crippen LogP contribution is -2.51. The van der Waals surface area contributed by atoms with Crippen LogP contribution in [0.25, 0.3) is 0 Å². The average molecular weight is 209 g/mol. The fourth-order valence-corrected chi connectivity index (χ4v) is 1.38. The van der Waals surface area contributed by atoms with E-state index in [1.165, 1.54) is 0 Å². The van der Waals surface area contributed by atoms with Crippen LogP contribution in [0.3, 0.4) is 0 Å². The maximum absolute atomic E-state index is 11.4. The van der Waals surface area contributed by atoms with Crippen molar-refractivity contribution in [3.63, 3.8) is 0 Å². The number of rotatable bonds is 3. The molecule has 1 heterocycles. The van der Waals surface area contributed by atoms with Gasteiger partial charge in [-0.25, -0.2) is 0 Å². The van der Waals surface area contributed by atoms with Crippen molar-refractivity contribution in [1.29, 1.82) is 0 Å². The van der Waals surface area contributed by atoms with Crippen molar-refractivity contribution in [2.45, 2.75) is 31.3 Å². The predicted octanol–water partition coefficient (Wildman–Crippen LogP) is -1.27. The molecule has 0 spiro atoms. The Hall–Kier alpha value is -1.54. The summed E-state index contributed by atoms with van der Waals surface area (Å²) in [5.74, 6) is 2.10. The zero-order valence-corrected chi connectivity index (χ0v) is 8.45. The van der Waals surface area contributed by atoms with Crippen molar-refractivity contribution in [1.82, 2.24) is 10.6 Å². The molecule has 5 heteroatoms. The fraction of sp³-hybridized carbons (Fsp3) is 0.600. The minimum atomic E-state index is -0.660. The number of hydrogen-bond donors (Lipinski definition) is 3. The van der Waals surface area contributed by atoms with Crippen LogP contribution in [0.4, 0.5) is 0 Å². The highest BCUT2D eigenvalue weighted by Gasteiger charge is 2.21. The average Bonchev–Trinajstić information content (AvgIpc) is 2.22. The van der Waals surface area contributed by atoms with Gasteiger partial charge in [-0.1, -0.05) is 0 Å². The van der Waals surface area contributed by atoms with Gasteiger partial charge < -0.3 is 16.4 Å². The molecule has 2 unspecified atom stereocenters. The van der Waals surface area contributed by atoms with Gasteiger partial charge in [-0.15, -0.1) is 12.3 Å². The molecule has 0 saturated carbocycles. The Kier molecular flexibility index (Phi) is 4.13. The summed E-state index contributed by atoms with van der Waals surface area (Å²) in [4.78, 5) is 22.3. The fourth-order valence-electron chi connectivity index (χ4n) is 1.38. The maximum Gasteiger partial charge on any atom is 0.238 e. The smallest absolute Gasteiger partial charge is 0.238 e. The molecule has 0 aromatic heterocycles. The van der Waals surface area contributed by atoms with Crippen molar-refractivity contribution in [3.8, 4) is 12.3 Å². The summed E-state index contributed by atoms with van der Waals surface area (Å²) in [7, 11) is 0. The molecular weight excluding hydrogens is 194 g/mol. The first-order valence-electron chi connectivity index (χ1n) is 4.89. The summed E-state index contributed by atoms with van der Waals surface area (Å²) in [6.07, 6.45) is 6.37. The number of carbonyl (C=O) groups excluding carboxylic acids is 2. The van der Waals surface area contributed by atoms with E-state index in [4.69, 9.17) is 12.2 Å². The van der Waals surface area contributed by atoms with Crippen molar-refractivity contribution in [2.24, 2.45) is 5.73 Å². The highest BCUT2D eigenvalue weighted by Crippen LogP contribution is 2.02. The molecule has 0 aromatic carbocycles. The summed E-state index contributed by atoms with van der Waals surface area (Å²) in [5, 5.41) is 5.42. The first-order valence-corrected chi connectivity index (χ1v) is 4.89. The lowest BCUT2D eigenvalue weighted by molar-refractivity contribution is -0.126. The van der Waals surface area contributed by atoms with Gasteiger partial charge in [-0.3, -0.25) is 9.59 Å².